The fourth-order valence-electron chi connectivity index (χ4n) is 2.30. The largest absolute Gasteiger partial charge is 0.479 e. The number of aromatic nitrogens is 1. The third kappa shape index (κ3) is 8.87. The summed E-state index contributed by atoms with van der Waals surface area (Å²) in [5, 5.41) is 25.8. The van der Waals surface area contributed by atoms with Crippen molar-refractivity contribution in [1.29, 1.82) is 0 Å². The van der Waals surface area contributed by atoms with E-state index >= 15 is 0 Å². The van der Waals surface area contributed by atoms with Crippen molar-refractivity contribution < 1.29 is 48.6 Å². The maximum Gasteiger partial charge on any atom is 0.404 e. The summed E-state index contributed by atoms with van der Waals surface area (Å²) in [5.74, 6) is -4.61. The Hall–Kier alpha value is -1.99. The average Bonchev–Trinajstić information content (AvgIpc) is 3.13. The molecule has 0 unspecified atom stereocenters. The van der Waals surface area contributed by atoms with Gasteiger partial charge in [0.05, 0.1) is 0 Å². The standard InChI is InChI=1S/C16H20N6O10S.2Na/c1-16(2,13(27)28)32-21-9(6-5-33-14(17)19-6)11(25)20-10-7(3-30-15(18)29)22(12(10)26)31-4-8(23)24;;/h5,7,10H,3-4H2,1-2H3,(H2,17,19)(H2,18,29)(H,20,25)(H,23,24)(H,27,28);;/t7-,10-;;/m0../s1. The first-order valence-corrected chi connectivity index (χ1v) is 9.83. The zero-order valence-corrected chi connectivity index (χ0v) is 24.0. The molecule has 0 bridgehead atoms. The third-order valence-electron chi connectivity index (χ3n) is 4.04. The number of nitrogens with one attached hydrogen (secondary N) is 1. The van der Waals surface area contributed by atoms with Crippen molar-refractivity contribution >= 4 is 111 Å². The molecule has 182 valence electrons. The number of carboxylic acids is 2. The Morgan fingerprint density at radius 3 is 2.40 bits per heavy atom. The van der Waals surface area contributed by atoms with Crippen LogP contribution in [0.2, 0.25) is 0 Å². The van der Waals surface area contributed by atoms with Crippen molar-refractivity contribution in [2.45, 2.75) is 31.5 Å². The molecule has 2 rings (SSSR count). The molecule has 2 radical (unpaired) electrons. The summed E-state index contributed by atoms with van der Waals surface area (Å²) in [4.78, 5) is 71.8. The number of nitrogens with zero attached hydrogens (tertiary/aromatic N) is 3. The van der Waals surface area contributed by atoms with Gasteiger partial charge in [0.1, 0.15) is 24.4 Å². The van der Waals surface area contributed by atoms with Gasteiger partial charge in [0.2, 0.25) is 5.60 Å². The van der Waals surface area contributed by atoms with E-state index in [-0.39, 0.29) is 69.9 Å². The first-order valence-electron chi connectivity index (χ1n) is 8.95. The minimum atomic E-state index is -1.81. The number of hydrogen-bond donors (Lipinski definition) is 5. The van der Waals surface area contributed by atoms with Crippen LogP contribution in [0, 0.1) is 0 Å². The van der Waals surface area contributed by atoms with Crippen LogP contribution in [0.25, 0.3) is 0 Å². The quantitative estimate of drug-likeness (QED) is 0.0846. The minimum absolute atomic E-state index is 0. The second-order valence-electron chi connectivity index (χ2n) is 6.90. The number of primary amides is 1. The summed E-state index contributed by atoms with van der Waals surface area (Å²) in [6, 6.07) is -2.45. The molecule has 19 heteroatoms. The molecule has 1 aromatic heterocycles. The van der Waals surface area contributed by atoms with Crippen LogP contribution in [0.15, 0.2) is 10.5 Å². The number of carbonyl (C=O) groups is 5. The van der Waals surface area contributed by atoms with Crippen LogP contribution >= 0.6 is 11.3 Å². The van der Waals surface area contributed by atoms with Crippen LogP contribution < -0.4 is 16.8 Å². The Labute approximate surface area is 245 Å². The van der Waals surface area contributed by atoms with E-state index in [9.17, 15) is 24.0 Å². The number of β-lactam (4-membered cyclic amide) rings is 1. The van der Waals surface area contributed by atoms with Crippen LogP contribution in [0.3, 0.4) is 0 Å². The average molecular weight is 534 g/mol. The number of ether oxygens (including phenoxy) is 1. The number of rotatable bonds is 11. The molecule has 35 heavy (non-hydrogen) atoms. The van der Waals surface area contributed by atoms with Crippen molar-refractivity contribution in [3.63, 3.8) is 0 Å². The fraction of sp³-hybridized carbons (Fsp3) is 0.438. The molecular weight excluding hydrogens is 514 g/mol. The number of nitrogens with two attached hydrogens (primary N) is 2. The van der Waals surface area contributed by atoms with Gasteiger partial charge in [0, 0.05) is 64.5 Å². The summed E-state index contributed by atoms with van der Waals surface area (Å²) < 4.78 is 4.63. The van der Waals surface area contributed by atoms with Crippen LogP contribution in [0.1, 0.15) is 19.5 Å². The number of carboxylic acid groups (broad SMARTS) is 2. The van der Waals surface area contributed by atoms with E-state index in [4.69, 9.17) is 31.4 Å². The molecule has 1 aliphatic rings. The van der Waals surface area contributed by atoms with Crippen molar-refractivity contribution in [3.05, 3.63) is 11.1 Å². The Morgan fingerprint density at radius 2 is 1.91 bits per heavy atom. The molecule has 2 atom stereocenters. The molecule has 1 fully saturated rings. The van der Waals surface area contributed by atoms with Gasteiger partial charge >= 0.3 is 18.0 Å². The maximum absolute atomic E-state index is 12.9. The maximum atomic E-state index is 12.9. The molecule has 0 aromatic carbocycles. The molecule has 1 aromatic rings. The number of hydroxylamine groups is 2. The third-order valence-corrected chi connectivity index (χ3v) is 4.71. The van der Waals surface area contributed by atoms with Gasteiger partial charge < -0.3 is 36.6 Å². The summed E-state index contributed by atoms with van der Waals surface area (Å²) in [6.45, 7) is 0.981. The predicted octanol–water partition coefficient (Wildman–Crippen LogP) is -2.65. The van der Waals surface area contributed by atoms with Crippen LogP contribution in [0.4, 0.5) is 9.93 Å². The number of oxime groups is 1. The van der Waals surface area contributed by atoms with Gasteiger partial charge in [-0.1, -0.05) is 5.16 Å². The van der Waals surface area contributed by atoms with E-state index in [0.29, 0.717) is 5.06 Å². The van der Waals surface area contributed by atoms with Crippen molar-refractivity contribution in [2.24, 2.45) is 10.9 Å². The van der Waals surface area contributed by atoms with Crippen molar-refractivity contribution in [1.82, 2.24) is 15.4 Å². The van der Waals surface area contributed by atoms with Gasteiger partial charge in [-0.05, 0) is 13.8 Å². The summed E-state index contributed by atoms with van der Waals surface area (Å²) in [6.07, 6.45) is -1.18. The van der Waals surface area contributed by atoms with Gasteiger partial charge in [0.25, 0.3) is 11.8 Å². The van der Waals surface area contributed by atoms with Gasteiger partial charge in [0.15, 0.2) is 17.5 Å². The molecule has 0 spiro atoms. The molecule has 0 aliphatic carbocycles. The van der Waals surface area contributed by atoms with Crippen molar-refractivity contribution in [2.75, 3.05) is 18.9 Å². The zero-order valence-electron chi connectivity index (χ0n) is 19.2. The van der Waals surface area contributed by atoms with Gasteiger partial charge in [-0.15, -0.1) is 11.3 Å². The number of aliphatic carboxylic acids is 2. The number of nitrogen functional groups attached to an aromatic ring is 1. The number of thiazole rings is 1. The zero-order chi connectivity index (χ0) is 24.9. The summed E-state index contributed by atoms with van der Waals surface area (Å²) >= 11 is 0.962. The van der Waals surface area contributed by atoms with Gasteiger partial charge in [-0.3, -0.25) is 14.4 Å². The van der Waals surface area contributed by atoms with E-state index in [2.05, 4.69) is 20.2 Å². The smallest absolute Gasteiger partial charge is 0.404 e. The van der Waals surface area contributed by atoms with E-state index < -0.39 is 66.5 Å². The summed E-state index contributed by atoms with van der Waals surface area (Å²) in [5.41, 5.74) is 8.12. The number of anilines is 1. The van der Waals surface area contributed by atoms with Gasteiger partial charge in [-0.25, -0.2) is 24.4 Å². The second kappa shape index (κ2) is 13.9. The molecule has 7 N–H and O–H groups in total. The van der Waals surface area contributed by atoms with E-state index in [1.807, 2.05) is 0 Å². The fourth-order valence-corrected chi connectivity index (χ4v) is 2.85. The SMILES string of the molecule is CC(C)(ON=C(C(=O)N[C@@H]1C(=O)N(OCC(=O)O)[C@H]1COC(N)=O)c1csc(N)n1)C(=O)O.[Na].[Na]. The van der Waals surface area contributed by atoms with E-state index in [1.54, 1.807) is 0 Å². The Kier molecular flexibility index (Phi) is 13.1. The molecule has 2 heterocycles. The molecule has 1 saturated heterocycles. The second-order valence-corrected chi connectivity index (χ2v) is 7.79. The Bertz CT molecular complexity index is 1000. The minimum Gasteiger partial charge on any atom is -0.479 e. The molecule has 3 amide bonds. The molecule has 0 saturated carbocycles. The van der Waals surface area contributed by atoms with Crippen molar-refractivity contribution in [3.8, 4) is 0 Å². The van der Waals surface area contributed by atoms with Gasteiger partial charge in [-0.2, -0.15) is 0 Å². The molecule has 1 aliphatic heterocycles. The normalized spacial score (nSPS) is 17.3. The van der Waals surface area contributed by atoms with E-state index in [1.165, 1.54) is 19.2 Å². The summed E-state index contributed by atoms with van der Waals surface area (Å²) in [7, 11) is 0. The number of carbonyl (C=O) groups excluding carboxylic acids is 3. The molecular formula is C16H20N6Na2O10S. The first kappa shape index (κ1) is 33.0. The van der Waals surface area contributed by atoms with Crippen LogP contribution in [0.5, 0.6) is 0 Å². The van der Waals surface area contributed by atoms with E-state index in [0.717, 1.165) is 11.3 Å². The monoisotopic (exact) mass is 534 g/mol. The number of amides is 3. The molecule has 16 nitrogen and oxygen atoms in total. The van der Waals surface area contributed by atoms with Crippen LogP contribution in [-0.2, 0) is 33.6 Å². The topological polar surface area (TPSA) is 246 Å². The van der Waals surface area contributed by atoms with Crippen LogP contribution in [-0.4, -0.2) is 146 Å². The Morgan fingerprint density at radius 1 is 1.29 bits per heavy atom. The first-order chi connectivity index (χ1) is 15.3. The number of hydrogen-bond acceptors (Lipinski definition) is 12. The predicted molar refractivity (Wildman–Crippen MR) is 119 cm³/mol. The Balaban J connectivity index is 0.00000578.